The fourth-order valence-electron chi connectivity index (χ4n) is 2.45. The minimum Gasteiger partial charge on any atom is -0.378 e. The average Bonchev–Trinajstić information content (AvgIpc) is 2.64. The van der Waals surface area contributed by atoms with Crippen LogP contribution in [0.3, 0.4) is 0 Å². The van der Waals surface area contributed by atoms with Gasteiger partial charge in [0.2, 0.25) is 0 Å². The van der Waals surface area contributed by atoms with Gasteiger partial charge in [0, 0.05) is 30.6 Å². The summed E-state index contributed by atoms with van der Waals surface area (Å²) < 4.78 is 7.66. The number of nitrogens with zero attached hydrogens (tertiary/aromatic N) is 3. The summed E-state index contributed by atoms with van der Waals surface area (Å²) in [7, 11) is 0. The molecule has 1 aromatic heterocycles. The molecule has 126 valence electrons. The first-order chi connectivity index (χ1) is 11.7. The van der Waals surface area contributed by atoms with Crippen molar-refractivity contribution in [1.29, 1.82) is 0 Å². The van der Waals surface area contributed by atoms with Gasteiger partial charge in [0.25, 0.3) is 5.56 Å². The number of thioether (sulfide) groups is 1. The fraction of sp³-hybridized carbons (Fsp3) is 0.353. The highest BCUT2D eigenvalue weighted by molar-refractivity contribution is 8.22. The molecule has 1 aromatic carbocycles. The molecule has 0 saturated carbocycles. The molecular formula is C17H19N3O2S2. The van der Waals surface area contributed by atoms with Crippen LogP contribution in [-0.4, -0.2) is 45.3 Å². The first-order valence-electron chi connectivity index (χ1n) is 7.82. The van der Waals surface area contributed by atoms with E-state index in [0.29, 0.717) is 25.5 Å². The second kappa shape index (κ2) is 8.41. The monoisotopic (exact) mass is 361 g/mol. The molecule has 0 unspecified atom stereocenters. The molecule has 0 bridgehead atoms. The second-order valence-electron chi connectivity index (χ2n) is 5.46. The van der Waals surface area contributed by atoms with Crippen molar-refractivity contribution >= 4 is 28.3 Å². The first kappa shape index (κ1) is 17.1. The highest BCUT2D eigenvalue weighted by Crippen LogP contribution is 2.15. The van der Waals surface area contributed by atoms with E-state index >= 15 is 0 Å². The molecule has 0 spiro atoms. The lowest BCUT2D eigenvalue weighted by atomic mass is 10.2. The third-order valence-corrected chi connectivity index (χ3v) is 5.36. The lowest BCUT2D eigenvalue weighted by molar-refractivity contribution is 0.0702. The predicted molar refractivity (Wildman–Crippen MR) is 100 cm³/mol. The van der Waals surface area contributed by atoms with Gasteiger partial charge < -0.3 is 9.64 Å². The zero-order valence-corrected chi connectivity index (χ0v) is 14.9. The van der Waals surface area contributed by atoms with Gasteiger partial charge in [0.1, 0.15) is 4.32 Å². The van der Waals surface area contributed by atoms with E-state index in [4.69, 9.17) is 17.0 Å². The molecule has 0 atom stereocenters. The van der Waals surface area contributed by atoms with E-state index in [9.17, 15) is 4.79 Å². The molecule has 3 rings (SSSR count). The van der Waals surface area contributed by atoms with Crippen LogP contribution in [0.25, 0.3) is 0 Å². The number of hydrogen-bond donors (Lipinski definition) is 0. The Morgan fingerprint density at radius 3 is 2.71 bits per heavy atom. The Morgan fingerprint density at radius 1 is 1.21 bits per heavy atom. The minimum atomic E-state index is -0.0568. The summed E-state index contributed by atoms with van der Waals surface area (Å²) in [5.41, 5.74) is 1.72. The van der Waals surface area contributed by atoms with Gasteiger partial charge in [-0.2, -0.15) is 5.10 Å². The largest absolute Gasteiger partial charge is 0.378 e. The smallest absolute Gasteiger partial charge is 0.271 e. The average molecular weight is 361 g/mol. The molecule has 0 radical (unpaired) electrons. The van der Waals surface area contributed by atoms with E-state index in [0.717, 1.165) is 28.5 Å². The molecule has 2 heterocycles. The molecule has 2 aromatic rings. The first-order valence-corrected chi connectivity index (χ1v) is 9.22. The number of hydrogen-bond acceptors (Lipinski definition) is 5. The molecular weight excluding hydrogens is 342 g/mol. The van der Waals surface area contributed by atoms with Gasteiger partial charge in [0.15, 0.2) is 0 Å². The zero-order chi connectivity index (χ0) is 16.8. The van der Waals surface area contributed by atoms with Crippen LogP contribution in [-0.2, 0) is 17.0 Å². The van der Waals surface area contributed by atoms with Crippen LogP contribution >= 0.6 is 24.0 Å². The van der Waals surface area contributed by atoms with Gasteiger partial charge in [-0.05, 0) is 11.6 Å². The predicted octanol–water partition coefficient (Wildman–Crippen LogP) is 2.14. The number of ether oxygens (including phenoxy) is 1. The summed E-state index contributed by atoms with van der Waals surface area (Å²) in [4.78, 5) is 14.7. The summed E-state index contributed by atoms with van der Waals surface area (Å²) in [5, 5.41) is 4.19. The molecule has 1 fully saturated rings. The van der Waals surface area contributed by atoms with Crippen LogP contribution in [0.1, 0.15) is 11.1 Å². The van der Waals surface area contributed by atoms with Gasteiger partial charge in [-0.15, -0.1) is 0 Å². The van der Waals surface area contributed by atoms with Crippen LogP contribution in [0.5, 0.6) is 0 Å². The number of aromatic nitrogens is 2. The maximum Gasteiger partial charge on any atom is 0.271 e. The SMILES string of the molecule is O=c1c(CSC(=S)N2CCOCC2)ccnn1Cc1ccccc1. The van der Waals surface area contributed by atoms with E-state index in [1.54, 1.807) is 12.3 Å². The molecule has 0 amide bonds. The molecule has 1 aliphatic rings. The maximum absolute atomic E-state index is 12.6. The van der Waals surface area contributed by atoms with Gasteiger partial charge in [-0.1, -0.05) is 54.3 Å². The van der Waals surface area contributed by atoms with Crippen LogP contribution < -0.4 is 5.56 Å². The Hall–Kier alpha value is -1.70. The van der Waals surface area contributed by atoms with Crippen molar-refractivity contribution in [3.05, 3.63) is 64.1 Å². The maximum atomic E-state index is 12.6. The lowest BCUT2D eigenvalue weighted by Crippen LogP contribution is -2.38. The molecule has 7 heteroatoms. The molecule has 1 aliphatic heterocycles. The van der Waals surface area contributed by atoms with Crippen molar-refractivity contribution in [2.75, 3.05) is 26.3 Å². The topological polar surface area (TPSA) is 47.4 Å². The number of morpholine rings is 1. The second-order valence-corrected chi connectivity index (χ2v) is 7.07. The lowest BCUT2D eigenvalue weighted by Gasteiger charge is -2.28. The molecule has 0 N–H and O–H groups in total. The summed E-state index contributed by atoms with van der Waals surface area (Å²) in [6.07, 6.45) is 1.68. The summed E-state index contributed by atoms with van der Waals surface area (Å²) in [6, 6.07) is 11.6. The van der Waals surface area contributed by atoms with Gasteiger partial charge in [-0.25, -0.2) is 4.68 Å². The molecule has 24 heavy (non-hydrogen) atoms. The molecule has 5 nitrogen and oxygen atoms in total. The number of thiocarbonyl (C=S) groups is 1. The summed E-state index contributed by atoms with van der Waals surface area (Å²) in [5.74, 6) is 0.562. The Labute approximate surface area is 150 Å². The third-order valence-electron chi connectivity index (χ3n) is 3.79. The van der Waals surface area contributed by atoms with Crippen LogP contribution in [0, 0.1) is 0 Å². The Kier molecular flexibility index (Phi) is 6.01. The minimum absolute atomic E-state index is 0.0568. The van der Waals surface area contributed by atoms with Crippen molar-refractivity contribution in [1.82, 2.24) is 14.7 Å². The van der Waals surface area contributed by atoms with E-state index in [2.05, 4.69) is 10.00 Å². The van der Waals surface area contributed by atoms with Crippen LogP contribution in [0.15, 0.2) is 47.4 Å². The normalized spacial score (nSPS) is 14.6. The quantitative estimate of drug-likeness (QED) is 0.778. The highest BCUT2D eigenvalue weighted by Gasteiger charge is 2.15. The Balaban J connectivity index is 1.65. The van der Waals surface area contributed by atoms with Gasteiger partial charge in [-0.3, -0.25) is 4.79 Å². The Bertz CT molecular complexity index is 743. The van der Waals surface area contributed by atoms with E-state index in [1.807, 2.05) is 30.3 Å². The van der Waals surface area contributed by atoms with Crippen molar-refractivity contribution in [3.8, 4) is 0 Å². The number of benzene rings is 1. The van der Waals surface area contributed by atoms with Gasteiger partial charge >= 0.3 is 0 Å². The van der Waals surface area contributed by atoms with Gasteiger partial charge in [0.05, 0.1) is 19.8 Å². The zero-order valence-electron chi connectivity index (χ0n) is 13.3. The summed E-state index contributed by atoms with van der Waals surface area (Å²) in [6.45, 7) is 3.53. The Morgan fingerprint density at radius 2 is 1.96 bits per heavy atom. The van der Waals surface area contributed by atoms with Crippen molar-refractivity contribution < 1.29 is 4.74 Å². The summed E-state index contributed by atoms with van der Waals surface area (Å²) >= 11 is 6.99. The molecule has 0 aliphatic carbocycles. The van der Waals surface area contributed by atoms with Crippen LogP contribution in [0.4, 0.5) is 0 Å². The fourth-order valence-corrected chi connectivity index (χ4v) is 3.67. The van der Waals surface area contributed by atoms with E-state index < -0.39 is 0 Å². The highest BCUT2D eigenvalue weighted by atomic mass is 32.2. The van der Waals surface area contributed by atoms with Crippen molar-refractivity contribution in [3.63, 3.8) is 0 Å². The van der Waals surface area contributed by atoms with Crippen molar-refractivity contribution in [2.24, 2.45) is 0 Å². The number of rotatable bonds is 4. The third kappa shape index (κ3) is 4.43. The van der Waals surface area contributed by atoms with E-state index in [1.165, 1.54) is 16.4 Å². The molecule has 1 saturated heterocycles. The van der Waals surface area contributed by atoms with Crippen LogP contribution in [0.2, 0.25) is 0 Å². The van der Waals surface area contributed by atoms with E-state index in [-0.39, 0.29) is 5.56 Å². The standard InChI is InChI=1S/C17H19N3O2S2/c21-16-15(13-24-17(23)19-8-10-22-11-9-19)6-7-18-20(16)12-14-4-2-1-3-5-14/h1-7H,8-13H2. The van der Waals surface area contributed by atoms with Crippen molar-refractivity contribution in [2.45, 2.75) is 12.3 Å².